The molecule has 0 saturated heterocycles. The van der Waals surface area contributed by atoms with E-state index in [1.807, 2.05) is 0 Å². The van der Waals surface area contributed by atoms with E-state index < -0.39 is 0 Å². The van der Waals surface area contributed by atoms with Gasteiger partial charge in [-0.3, -0.25) is 0 Å². The van der Waals surface area contributed by atoms with Crippen LogP contribution in [-0.2, 0) is 0 Å². The zero-order chi connectivity index (χ0) is 9.84. The Balaban J connectivity index is 2.02. The predicted molar refractivity (Wildman–Crippen MR) is 58.8 cm³/mol. The summed E-state index contributed by atoms with van der Waals surface area (Å²) in [4.78, 5) is 2.51. The van der Waals surface area contributed by atoms with Gasteiger partial charge in [-0.2, -0.15) is 0 Å². The summed E-state index contributed by atoms with van der Waals surface area (Å²) in [6.45, 7) is 9.65. The van der Waals surface area contributed by atoms with Crippen molar-refractivity contribution in [2.45, 2.75) is 40.0 Å². The van der Waals surface area contributed by atoms with Gasteiger partial charge in [-0.1, -0.05) is 20.8 Å². The Kier molecular flexibility index (Phi) is 4.24. The van der Waals surface area contributed by atoms with Gasteiger partial charge in [-0.05, 0) is 50.6 Å². The Morgan fingerprint density at radius 2 is 1.85 bits per heavy atom. The van der Waals surface area contributed by atoms with E-state index in [1.165, 1.54) is 32.4 Å². The van der Waals surface area contributed by atoms with Crippen LogP contribution in [0.2, 0.25) is 0 Å². The van der Waals surface area contributed by atoms with Crippen molar-refractivity contribution in [1.82, 2.24) is 4.90 Å². The van der Waals surface area contributed by atoms with E-state index in [2.05, 4.69) is 32.7 Å². The van der Waals surface area contributed by atoms with Gasteiger partial charge in [0.15, 0.2) is 0 Å². The highest BCUT2D eigenvalue weighted by Crippen LogP contribution is 2.29. The van der Waals surface area contributed by atoms with Crippen molar-refractivity contribution in [3.63, 3.8) is 0 Å². The van der Waals surface area contributed by atoms with E-state index in [4.69, 9.17) is 0 Å². The van der Waals surface area contributed by atoms with Crippen LogP contribution in [-0.4, -0.2) is 25.0 Å². The lowest BCUT2D eigenvalue weighted by atomic mass is 9.95. The molecule has 1 saturated carbocycles. The third-order valence-corrected chi connectivity index (χ3v) is 3.37. The van der Waals surface area contributed by atoms with Crippen molar-refractivity contribution < 1.29 is 0 Å². The van der Waals surface area contributed by atoms with Gasteiger partial charge in [0.25, 0.3) is 0 Å². The highest BCUT2D eigenvalue weighted by Gasteiger charge is 2.22. The molecular weight excluding hydrogens is 158 g/mol. The molecule has 1 rings (SSSR count). The van der Waals surface area contributed by atoms with Crippen molar-refractivity contribution in [3.05, 3.63) is 0 Å². The standard InChI is InChI=1S/C12H25N/c1-10(2)11(3)7-8-13(4)9-12-5-6-12/h10-12H,5-9H2,1-4H3. The number of hydrogen-bond acceptors (Lipinski definition) is 1. The average Bonchev–Trinajstić information content (AvgIpc) is 2.83. The van der Waals surface area contributed by atoms with E-state index in [-0.39, 0.29) is 0 Å². The third kappa shape index (κ3) is 4.66. The molecule has 1 unspecified atom stereocenters. The second kappa shape index (κ2) is 4.99. The Hall–Kier alpha value is -0.0400. The first-order chi connectivity index (χ1) is 6.09. The molecule has 1 aliphatic rings. The molecule has 1 heteroatoms. The maximum Gasteiger partial charge on any atom is 0.000661 e. The van der Waals surface area contributed by atoms with Gasteiger partial charge in [0.05, 0.1) is 0 Å². The van der Waals surface area contributed by atoms with Gasteiger partial charge in [0, 0.05) is 6.54 Å². The van der Waals surface area contributed by atoms with Crippen LogP contribution in [0.25, 0.3) is 0 Å². The molecule has 1 aliphatic carbocycles. The van der Waals surface area contributed by atoms with Crippen molar-refractivity contribution in [3.8, 4) is 0 Å². The first-order valence-corrected chi connectivity index (χ1v) is 5.78. The van der Waals surface area contributed by atoms with Crippen molar-refractivity contribution >= 4 is 0 Å². The van der Waals surface area contributed by atoms with E-state index >= 15 is 0 Å². The maximum atomic E-state index is 2.51. The van der Waals surface area contributed by atoms with Crippen LogP contribution in [0, 0.1) is 17.8 Å². The summed E-state index contributed by atoms with van der Waals surface area (Å²) < 4.78 is 0. The second-order valence-electron chi connectivity index (χ2n) is 5.22. The van der Waals surface area contributed by atoms with E-state index in [0.29, 0.717) is 0 Å². The minimum absolute atomic E-state index is 0.842. The molecule has 0 aromatic rings. The van der Waals surface area contributed by atoms with Crippen LogP contribution in [0.3, 0.4) is 0 Å². The first kappa shape index (κ1) is 11.0. The first-order valence-electron chi connectivity index (χ1n) is 5.78. The summed E-state index contributed by atoms with van der Waals surface area (Å²) in [6, 6.07) is 0. The predicted octanol–water partition coefficient (Wildman–Crippen LogP) is 3.01. The molecule has 1 nitrogen and oxygen atoms in total. The molecule has 0 radical (unpaired) electrons. The quantitative estimate of drug-likeness (QED) is 0.612. The van der Waals surface area contributed by atoms with Gasteiger partial charge >= 0.3 is 0 Å². The van der Waals surface area contributed by atoms with E-state index in [0.717, 1.165) is 17.8 Å². The fraction of sp³-hybridized carbons (Fsp3) is 1.00. The maximum absolute atomic E-state index is 2.51. The molecule has 1 atom stereocenters. The minimum atomic E-state index is 0.842. The summed E-state index contributed by atoms with van der Waals surface area (Å²) in [5.74, 6) is 2.76. The molecule has 78 valence electrons. The van der Waals surface area contributed by atoms with Crippen LogP contribution < -0.4 is 0 Å². The molecule has 0 amide bonds. The van der Waals surface area contributed by atoms with Crippen LogP contribution in [0.15, 0.2) is 0 Å². The SMILES string of the molecule is CC(C)C(C)CCN(C)CC1CC1. The molecule has 13 heavy (non-hydrogen) atoms. The number of hydrogen-bond donors (Lipinski definition) is 0. The topological polar surface area (TPSA) is 3.24 Å². The Morgan fingerprint density at radius 3 is 2.31 bits per heavy atom. The lowest BCUT2D eigenvalue weighted by Crippen LogP contribution is -2.24. The molecule has 0 N–H and O–H groups in total. The summed E-state index contributed by atoms with van der Waals surface area (Å²) in [7, 11) is 2.27. The van der Waals surface area contributed by atoms with Crippen LogP contribution >= 0.6 is 0 Å². The highest BCUT2D eigenvalue weighted by atomic mass is 15.1. The van der Waals surface area contributed by atoms with Crippen LogP contribution in [0.1, 0.15) is 40.0 Å². The summed E-state index contributed by atoms with van der Waals surface area (Å²) in [6.07, 6.45) is 4.31. The van der Waals surface area contributed by atoms with Gasteiger partial charge in [0.1, 0.15) is 0 Å². The number of rotatable bonds is 6. The summed E-state index contributed by atoms with van der Waals surface area (Å²) >= 11 is 0. The molecule has 1 fully saturated rings. The molecule has 0 heterocycles. The molecule has 0 aromatic carbocycles. The molecule has 0 aromatic heterocycles. The van der Waals surface area contributed by atoms with E-state index in [9.17, 15) is 0 Å². The average molecular weight is 183 g/mol. The third-order valence-electron chi connectivity index (χ3n) is 3.37. The Morgan fingerprint density at radius 1 is 1.23 bits per heavy atom. The van der Waals surface area contributed by atoms with Gasteiger partial charge in [0.2, 0.25) is 0 Å². The summed E-state index contributed by atoms with van der Waals surface area (Å²) in [5, 5.41) is 0. The van der Waals surface area contributed by atoms with Crippen molar-refractivity contribution in [1.29, 1.82) is 0 Å². The minimum Gasteiger partial charge on any atom is -0.306 e. The largest absolute Gasteiger partial charge is 0.306 e. The lowest BCUT2D eigenvalue weighted by Gasteiger charge is -2.21. The van der Waals surface area contributed by atoms with Gasteiger partial charge < -0.3 is 4.90 Å². The normalized spacial score (nSPS) is 19.8. The second-order valence-corrected chi connectivity index (χ2v) is 5.22. The molecule has 0 bridgehead atoms. The fourth-order valence-corrected chi connectivity index (χ4v) is 1.59. The number of nitrogens with zero attached hydrogens (tertiary/aromatic N) is 1. The highest BCUT2D eigenvalue weighted by molar-refractivity contribution is 4.76. The monoisotopic (exact) mass is 183 g/mol. The van der Waals surface area contributed by atoms with Crippen molar-refractivity contribution in [2.24, 2.45) is 17.8 Å². The van der Waals surface area contributed by atoms with E-state index in [1.54, 1.807) is 0 Å². The Labute approximate surface area is 83.5 Å². The zero-order valence-corrected chi connectivity index (χ0v) is 9.71. The molecular formula is C12H25N. The lowest BCUT2D eigenvalue weighted by molar-refractivity contribution is 0.272. The smallest absolute Gasteiger partial charge is 0.000661 e. The molecule has 0 spiro atoms. The zero-order valence-electron chi connectivity index (χ0n) is 9.71. The van der Waals surface area contributed by atoms with Gasteiger partial charge in [-0.15, -0.1) is 0 Å². The summed E-state index contributed by atoms with van der Waals surface area (Å²) in [5.41, 5.74) is 0. The van der Waals surface area contributed by atoms with Gasteiger partial charge in [-0.25, -0.2) is 0 Å². The van der Waals surface area contributed by atoms with Crippen LogP contribution in [0.5, 0.6) is 0 Å². The fourth-order valence-electron chi connectivity index (χ4n) is 1.59. The molecule has 0 aliphatic heterocycles. The van der Waals surface area contributed by atoms with Crippen LogP contribution in [0.4, 0.5) is 0 Å². The Bertz CT molecular complexity index is 138. The van der Waals surface area contributed by atoms with Crippen molar-refractivity contribution in [2.75, 3.05) is 20.1 Å².